The normalized spacial score (nSPS) is 20.2. The fraction of sp³-hybridized carbons (Fsp3) is 0.381. The molecule has 24 heavy (non-hydrogen) atoms. The van der Waals surface area contributed by atoms with Gasteiger partial charge in [-0.2, -0.15) is 0 Å². The van der Waals surface area contributed by atoms with Crippen molar-refractivity contribution in [3.05, 3.63) is 59.2 Å². The minimum atomic E-state index is -0.134. The molecule has 2 rings (SSSR count). The van der Waals surface area contributed by atoms with Gasteiger partial charge in [0.05, 0.1) is 0 Å². The predicted molar refractivity (Wildman–Crippen MR) is 97.2 cm³/mol. The number of hydrogen-bond donors (Lipinski definition) is 2. The van der Waals surface area contributed by atoms with Crippen LogP contribution in [-0.2, 0) is 4.79 Å². The van der Waals surface area contributed by atoms with Crippen molar-refractivity contribution in [3.63, 3.8) is 0 Å². The number of hydrogen-bond acceptors (Lipinski definition) is 3. The van der Waals surface area contributed by atoms with Gasteiger partial charge in [0.15, 0.2) is 0 Å². The van der Waals surface area contributed by atoms with E-state index in [-0.39, 0.29) is 23.3 Å². The van der Waals surface area contributed by atoms with Crippen LogP contribution >= 0.6 is 0 Å². The van der Waals surface area contributed by atoms with Crippen molar-refractivity contribution < 1.29 is 15.0 Å². The van der Waals surface area contributed by atoms with Crippen LogP contribution in [0.25, 0.3) is 0 Å². The second kappa shape index (κ2) is 8.00. The molecule has 1 aliphatic carbocycles. The number of aldehydes is 1. The highest BCUT2D eigenvalue weighted by Crippen LogP contribution is 2.44. The van der Waals surface area contributed by atoms with E-state index < -0.39 is 0 Å². The zero-order valence-electron chi connectivity index (χ0n) is 14.5. The number of carbonyl (C=O) groups excluding carboxylic acids is 1. The Bertz CT molecular complexity index is 678. The summed E-state index contributed by atoms with van der Waals surface area (Å²) in [7, 11) is 0. The Morgan fingerprint density at radius 2 is 2.08 bits per heavy atom. The zero-order valence-corrected chi connectivity index (χ0v) is 14.5. The molecule has 3 heteroatoms. The van der Waals surface area contributed by atoms with Gasteiger partial charge in [-0.3, -0.25) is 4.79 Å². The molecular formula is C21H26O3. The zero-order chi connectivity index (χ0) is 17.7. The summed E-state index contributed by atoms with van der Waals surface area (Å²) < 4.78 is 0. The highest BCUT2D eigenvalue weighted by molar-refractivity contribution is 5.74. The highest BCUT2D eigenvalue weighted by Gasteiger charge is 2.29. The van der Waals surface area contributed by atoms with Crippen LogP contribution in [0.15, 0.2) is 53.6 Å². The van der Waals surface area contributed by atoms with E-state index in [0.29, 0.717) is 5.56 Å². The molecule has 0 aliphatic heterocycles. The Kier molecular flexibility index (Phi) is 6.02. The molecule has 128 valence electrons. The number of rotatable bonds is 6. The van der Waals surface area contributed by atoms with Crippen LogP contribution in [0.4, 0.5) is 0 Å². The molecule has 0 saturated heterocycles. The minimum Gasteiger partial charge on any atom is -0.508 e. The number of carbonyl (C=O) groups is 1. The van der Waals surface area contributed by atoms with Crippen molar-refractivity contribution in [1.29, 1.82) is 0 Å². The van der Waals surface area contributed by atoms with Crippen molar-refractivity contribution >= 4 is 6.29 Å². The third kappa shape index (κ3) is 4.38. The summed E-state index contributed by atoms with van der Waals surface area (Å²) >= 11 is 0. The lowest BCUT2D eigenvalue weighted by Crippen LogP contribution is -2.19. The number of allylic oxidation sites excluding steroid dienone is 5. The molecule has 2 atom stereocenters. The molecule has 0 fully saturated rings. The van der Waals surface area contributed by atoms with Gasteiger partial charge in [-0.05, 0) is 69.2 Å². The summed E-state index contributed by atoms with van der Waals surface area (Å²) in [5.74, 6) is 0.281. The van der Waals surface area contributed by atoms with Gasteiger partial charge in [-0.15, -0.1) is 0 Å². The fourth-order valence-electron chi connectivity index (χ4n) is 3.34. The van der Waals surface area contributed by atoms with Crippen LogP contribution in [0, 0.1) is 5.92 Å². The van der Waals surface area contributed by atoms with Gasteiger partial charge in [0, 0.05) is 11.5 Å². The molecule has 0 unspecified atom stereocenters. The van der Waals surface area contributed by atoms with Crippen molar-refractivity contribution in [1.82, 2.24) is 0 Å². The first kappa shape index (κ1) is 18.1. The molecular weight excluding hydrogens is 300 g/mol. The van der Waals surface area contributed by atoms with Gasteiger partial charge in [0.1, 0.15) is 17.8 Å². The monoisotopic (exact) mass is 326 g/mol. The van der Waals surface area contributed by atoms with Crippen molar-refractivity contribution in [3.8, 4) is 11.5 Å². The smallest absolute Gasteiger partial charge is 0.145 e. The van der Waals surface area contributed by atoms with E-state index in [1.807, 2.05) is 6.08 Å². The fourth-order valence-corrected chi connectivity index (χ4v) is 3.34. The van der Waals surface area contributed by atoms with E-state index >= 15 is 0 Å². The SMILES string of the molecule is C=C(CCC=C(C)C)[C@@H]1CCC(C=O)=C[C@H]1c1cc(O)ccc1O. The summed E-state index contributed by atoms with van der Waals surface area (Å²) in [5.41, 5.74) is 3.82. The molecule has 1 aromatic carbocycles. The largest absolute Gasteiger partial charge is 0.508 e. The molecule has 0 amide bonds. The molecule has 0 saturated carbocycles. The number of phenols is 2. The molecule has 0 bridgehead atoms. The third-order valence-corrected chi connectivity index (χ3v) is 4.64. The molecule has 2 N–H and O–H groups in total. The van der Waals surface area contributed by atoms with Gasteiger partial charge in [0.2, 0.25) is 0 Å². The minimum absolute atomic E-state index is 0.114. The Morgan fingerprint density at radius 3 is 2.75 bits per heavy atom. The molecule has 0 radical (unpaired) electrons. The van der Waals surface area contributed by atoms with Crippen molar-refractivity contribution in [2.75, 3.05) is 0 Å². The number of benzene rings is 1. The first-order chi connectivity index (χ1) is 11.4. The molecule has 1 aliphatic rings. The van der Waals surface area contributed by atoms with E-state index in [9.17, 15) is 15.0 Å². The maximum atomic E-state index is 11.2. The van der Waals surface area contributed by atoms with Gasteiger partial charge >= 0.3 is 0 Å². The second-order valence-electron chi connectivity index (χ2n) is 6.75. The number of aromatic hydroxyl groups is 2. The van der Waals surface area contributed by atoms with Crippen LogP contribution < -0.4 is 0 Å². The quantitative estimate of drug-likeness (QED) is 0.438. The Balaban J connectivity index is 2.30. The lowest BCUT2D eigenvalue weighted by atomic mass is 9.72. The second-order valence-corrected chi connectivity index (χ2v) is 6.75. The van der Waals surface area contributed by atoms with Crippen LogP contribution in [0.3, 0.4) is 0 Å². The maximum absolute atomic E-state index is 11.2. The average Bonchev–Trinajstić information content (AvgIpc) is 2.56. The lowest BCUT2D eigenvalue weighted by molar-refractivity contribution is -0.105. The van der Waals surface area contributed by atoms with Gasteiger partial charge in [0.25, 0.3) is 0 Å². The van der Waals surface area contributed by atoms with Gasteiger partial charge in [-0.1, -0.05) is 29.9 Å². The van der Waals surface area contributed by atoms with Crippen LogP contribution in [-0.4, -0.2) is 16.5 Å². The first-order valence-corrected chi connectivity index (χ1v) is 8.41. The van der Waals surface area contributed by atoms with Crippen molar-refractivity contribution in [2.45, 2.75) is 45.4 Å². The predicted octanol–water partition coefficient (Wildman–Crippen LogP) is 5.02. The molecule has 0 spiro atoms. The maximum Gasteiger partial charge on any atom is 0.145 e. The molecule has 0 heterocycles. The summed E-state index contributed by atoms with van der Waals surface area (Å²) in [6, 6.07) is 4.54. The third-order valence-electron chi connectivity index (χ3n) is 4.64. The van der Waals surface area contributed by atoms with E-state index in [0.717, 1.165) is 43.1 Å². The van der Waals surface area contributed by atoms with Gasteiger partial charge < -0.3 is 10.2 Å². The Morgan fingerprint density at radius 1 is 1.33 bits per heavy atom. The first-order valence-electron chi connectivity index (χ1n) is 8.41. The summed E-state index contributed by atoms with van der Waals surface area (Å²) in [4.78, 5) is 11.2. The van der Waals surface area contributed by atoms with E-state index in [1.54, 1.807) is 6.07 Å². The standard InChI is InChI=1S/C21H26O3/c1-14(2)5-4-6-15(3)18-9-7-16(13-22)11-19(18)20-12-17(23)8-10-21(20)24/h5,8,10-13,18-19,23-24H,3-4,6-7,9H2,1-2H3/t18-,19+/m0/s1. The van der Waals surface area contributed by atoms with Crippen LogP contribution in [0.5, 0.6) is 11.5 Å². The van der Waals surface area contributed by atoms with Gasteiger partial charge in [-0.25, -0.2) is 0 Å². The molecule has 3 nitrogen and oxygen atoms in total. The average molecular weight is 326 g/mol. The summed E-state index contributed by atoms with van der Waals surface area (Å²) in [6.45, 7) is 8.42. The Hall–Kier alpha value is -2.29. The summed E-state index contributed by atoms with van der Waals surface area (Å²) in [5, 5.41) is 20.0. The van der Waals surface area contributed by atoms with Crippen LogP contribution in [0.1, 0.15) is 51.0 Å². The topological polar surface area (TPSA) is 57.5 Å². The highest BCUT2D eigenvalue weighted by atomic mass is 16.3. The van der Waals surface area contributed by atoms with E-state index in [2.05, 4.69) is 26.5 Å². The molecule has 0 aromatic heterocycles. The van der Waals surface area contributed by atoms with Crippen molar-refractivity contribution in [2.24, 2.45) is 5.92 Å². The lowest BCUT2D eigenvalue weighted by Gasteiger charge is -2.31. The Labute approximate surface area is 144 Å². The molecule has 1 aromatic rings. The summed E-state index contributed by atoms with van der Waals surface area (Å²) in [6.07, 6.45) is 8.39. The van der Waals surface area contributed by atoms with E-state index in [4.69, 9.17) is 0 Å². The van der Waals surface area contributed by atoms with Crippen LogP contribution in [0.2, 0.25) is 0 Å². The van der Waals surface area contributed by atoms with E-state index in [1.165, 1.54) is 17.7 Å². The number of phenolic OH excluding ortho intramolecular Hbond substituents is 2.